The van der Waals surface area contributed by atoms with Gasteiger partial charge in [0.1, 0.15) is 10.4 Å². The highest BCUT2D eigenvalue weighted by atomic mass is 32.1. The summed E-state index contributed by atoms with van der Waals surface area (Å²) >= 11 is 3.02. The molecule has 1 saturated carbocycles. The van der Waals surface area contributed by atoms with Crippen molar-refractivity contribution in [1.29, 1.82) is 5.26 Å². The molecule has 0 unspecified atom stereocenters. The van der Waals surface area contributed by atoms with Crippen LogP contribution in [-0.2, 0) is 9.53 Å². The number of fused-ring (bicyclic) bond motifs is 3. The number of benzene rings is 1. The van der Waals surface area contributed by atoms with Crippen molar-refractivity contribution in [2.24, 2.45) is 0 Å². The maximum absolute atomic E-state index is 12.3. The first-order chi connectivity index (χ1) is 12.6. The van der Waals surface area contributed by atoms with Crippen LogP contribution in [0.25, 0.3) is 19.5 Å². The lowest BCUT2D eigenvalue weighted by atomic mass is 10.00. The number of nitrogens with one attached hydrogen (secondary N) is 1. The van der Waals surface area contributed by atoms with Gasteiger partial charge >= 0.3 is 5.97 Å². The van der Waals surface area contributed by atoms with Gasteiger partial charge in [0.2, 0.25) is 0 Å². The van der Waals surface area contributed by atoms with Crippen molar-refractivity contribution in [2.75, 3.05) is 6.61 Å². The number of nitriles is 1. The predicted octanol–water partition coefficient (Wildman–Crippen LogP) is 4.23. The largest absolute Gasteiger partial charge is 0.451 e. The fraction of sp³-hybridized carbons (Fsp3) is 0.316. The van der Waals surface area contributed by atoms with Gasteiger partial charge in [0.15, 0.2) is 6.61 Å². The van der Waals surface area contributed by atoms with Gasteiger partial charge in [-0.25, -0.2) is 4.79 Å². The van der Waals surface area contributed by atoms with Crippen LogP contribution in [0.5, 0.6) is 0 Å². The molecular weight excluding hydrogens is 368 g/mol. The van der Waals surface area contributed by atoms with Crippen molar-refractivity contribution in [3.8, 4) is 6.07 Å². The Hall–Kier alpha value is -2.43. The number of ether oxygens (including phenoxy) is 1. The molecule has 3 aromatic rings. The molecule has 7 heteroatoms. The second-order valence-electron chi connectivity index (χ2n) is 6.43. The summed E-state index contributed by atoms with van der Waals surface area (Å²) in [5, 5.41) is 13.1. The Kier molecular flexibility index (Phi) is 4.39. The van der Waals surface area contributed by atoms with E-state index in [0.717, 1.165) is 27.6 Å². The fourth-order valence-electron chi connectivity index (χ4n) is 3.35. The molecule has 2 heterocycles. The van der Waals surface area contributed by atoms with Crippen molar-refractivity contribution in [2.45, 2.75) is 31.2 Å². The number of thiophene rings is 2. The van der Waals surface area contributed by atoms with Gasteiger partial charge in [-0.15, -0.1) is 22.7 Å². The van der Waals surface area contributed by atoms with E-state index in [0.29, 0.717) is 17.7 Å². The van der Waals surface area contributed by atoms with Gasteiger partial charge in [0, 0.05) is 14.8 Å². The lowest BCUT2D eigenvalue weighted by Gasteiger charge is -2.21. The van der Waals surface area contributed by atoms with Crippen LogP contribution in [0.2, 0.25) is 0 Å². The second-order valence-corrected chi connectivity index (χ2v) is 8.56. The van der Waals surface area contributed by atoms with E-state index in [9.17, 15) is 14.9 Å². The molecule has 1 N–H and O–H groups in total. The minimum absolute atomic E-state index is 0.367. The number of hydrogen-bond acceptors (Lipinski definition) is 6. The molecule has 1 fully saturated rings. The summed E-state index contributed by atoms with van der Waals surface area (Å²) in [5.74, 6) is -0.930. The molecule has 1 aliphatic carbocycles. The summed E-state index contributed by atoms with van der Waals surface area (Å²) in [6.45, 7) is -0.367. The Morgan fingerprint density at radius 3 is 2.73 bits per heavy atom. The molecule has 1 amide bonds. The molecule has 0 radical (unpaired) electrons. The number of nitrogens with zero attached hydrogens (tertiary/aromatic N) is 1. The maximum atomic E-state index is 12.3. The van der Waals surface area contributed by atoms with Crippen LogP contribution in [0.4, 0.5) is 0 Å². The molecular formula is C19H16N2O3S2. The van der Waals surface area contributed by atoms with Gasteiger partial charge in [-0.2, -0.15) is 5.26 Å². The molecule has 0 atom stereocenters. The smallest absolute Gasteiger partial charge is 0.348 e. The van der Waals surface area contributed by atoms with E-state index in [1.54, 1.807) is 11.3 Å². The predicted molar refractivity (Wildman–Crippen MR) is 102 cm³/mol. The molecule has 0 aliphatic heterocycles. The Balaban J connectivity index is 1.42. The zero-order chi connectivity index (χ0) is 18.1. The van der Waals surface area contributed by atoms with Crippen LogP contribution >= 0.6 is 22.7 Å². The van der Waals surface area contributed by atoms with Gasteiger partial charge in [-0.3, -0.25) is 4.79 Å². The van der Waals surface area contributed by atoms with Crippen LogP contribution in [0.15, 0.2) is 30.3 Å². The quantitative estimate of drug-likeness (QED) is 0.683. The summed E-state index contributed by atoms with van der Waals surface area (Å²) < 4.78 is 8.45. The summed E-state index contributed by atoms with van der Waals surface area (Å²) in [6.07, 6.45) is 3.15. The third kappa shape index (κ3) is 3.06. The number of hydrogen-bond donors (Lipinski definition) is 1. The monoisotopic (exact) mass is 384 g/mol. The van der Waals surface area contributed by atoms with E-state index >= 15 is 0 Å². The van der Waals surface area contributed by atoms with Crippen LogP contribution < -0.4 is 5.32 Å². The Morgan fingerprint density at radius 2 is 1.96 bits per heavy atom. The second kappa shape index (κ2) is 6.71. The Morgan fingerprint density at radius 1 is 1.19 bits per heavy atom. The van der Waals surface area contributed by atoms with Gasteiger partial charge in [0.05, 0.1) is 10.8 Å². The van der Waals surface area contributed by atoms with Crippen molar-refractivity contribution in [3.63, 3.8) is 0 Å². The number of rotatable bonds is 4. The molecule has 132 valence electrons. The molecule has 4 rings (SSSR count). The average molecular weight is 384 g/mol. The summed E-state index contributed by atoms with van der Waals surface area (Å²) in [6, 6.07) is 12.1. The van der Waals surface area contributed by atoms with E-state index in [2.05, 4.69) is 17.5 Å². The minimum atomic E-state index is -0.798. The maximum Gasteiger partial charge on any atom is 0.348 e. The number of amides is 1. The summed E-state index contributed by atoms with van der Waals surface area (Å²) in [7, 11) is 0. The molecule has 0 bridgehead atoms. The van der Waals surface area contributed by atoms with Crippen molar-refractivity contribution in [1.82, 2.24) is 5.32 Å². The van der Waals surface area contributed by atoms with Crippen LogP contribution in [-0.4, -0.2) is 24.0 Å². The molecule has 26 heavy (non-hydrogen) atoms. The van der Waals surface area contributed by atoms with E-state index in [-0.39, 0.29) is 6.61 Å². The first-order valence-corrected chi connectivity index (χ1v) is 10.0. The minimum Gasteiger partial charge on any atom is -0.451 e. The van der Waals surface area contributed by atoms with Gasteiger partial charge in [-0.05, 0) is 37.8 Å². The molecule has 1 aliphatic rings. The SMILES string of the molecule is N#CC1(NC(=O)COC(=O)c2cc3sc4ccccc4c3s2)CCCC1. The van der Waals surface area contributed by atoms with Crippen molar-refractivity contribution in [3.05, 3.63) is 35.2 Å². The highest BCUT2D eigenvalue weighted by molar-refractivity contribution is 7.33. The van der Waals surface area contributed by atoms with E-state index < -0.39 is 17.4 Å². The molecule has 5 nitrogen and oxygen atoms in total. The van der Waals surface area contributed by atoms with Crippen LogP contribution in [0.3, 0.4) is 0 Å². The van der Waals surface area contributed by atoms with E-state index in [1.165, 1.54) is 16.0 Å². The third-order valence-electron chi connectivity index (χ3n) is 4.63. The zero-order valence-electron chi connectivity index (χ0n) is 13.9. The van der Waals surface area contributed by atoms with Gasteiger partial charge in [0.25, 0.3) is 5.91 Å². The Labute approximate surface area is 158 Å². The number of esters is 1. The average Bonchev–Trinajstić information content (AvgIpc) is 3.34. The van der Waals surface area contributed by atoms with E-state index in [1.807, 2.05) is 24.3 Å². The van der Waals surface area contributed by atoms with Crippen LogP contribution in [0.1, 0.15) is 35.4 Å². The van der Waals surface area contributed by atoms with Gasteiger partial charge < -0.3 is 10.1 Å². The Bertz CT molecular complexity index is 1040. The molecule has 0 saturated heterocycles. The highest BCUT2D eigenvalue weighted by Gasteiger charge is 2.35. The van der Waals surface area contributed by atoms with Crippen molar-refractivity contribution >= 4 is 54.0 Å². The third-order valence-corrected chi connectivity index (χ3v) is 7.03. The van der Waals surface area contributed by atoms with Crippen molar-refractivity contribution < 1.29 is 14.3 Å². The standard InChI is InChI=1S/C19H16N2O3S2/c20-11-19(7-3-4-8-19)21-16(22)10-24-18(23)15-9-14-17(26-15)12-5-1-2-6-13(12)25-14/h1-2,5-6,9H,3-4,7-8,10H2,(H,21,22). The van der Waals surface area contributed by atoms with Gasteiger partial charge in [-0.1, -0.05) is 18.2 Å². The lowest BCUT2D eigenvalue weighted by molar-refractivity contribution is -0.125. The first kappa shape index (κ1) is 17.0. The van der Waals surface area contributed by atoms with E-state index in [4.69, 9.17) is 4.74 Å². The number of carbonyl (C=O) groups is 2. The summed E-state index contributed by atoms with van der Waals surface area (Å²) in [4.78, 5) is 24.8. The fourth-order valence-corrected chi connectivity index (χ4v) is 5.77. The highest BCUT2D eigenvalue weighted by Crippen LogP contribution is 2.39. The first-order valence-electron chi connectivity index (χ1n) is 8.41. The topological polar surface area (TPSA) is 79.2 Å². The lowest BCUT2D eigenvalue weighted by Crippen LogP contribution is -2.46. The zero-order valence-corrected chi connectivity index (χ0v) is 15.5. The summed E-state index contributed by atoms with van der Waals surface area (Å²) in [5.41, 5.74) is -0.798. The molecule has 2 aromatic heterocycles. The molecule has 1 aromatic carbocycles. The van der Waals surface area contributed by atoms with Crippen LogP contribution in [0, 0.1) is 11.3 Å². The molecule has 0 spiro atoms. The normalized spacial score (nSPS) is 15.8. The number of carbonyl (C=O) groups excluding carboxylic acids is 2.